The number of benzene rings is 1. The van der Waals surface area contributed by atoms with Crippen molar-refractivity contribution in [2.45, 2.75) is 61.7 Å². The van der Waals surface area contributed by atoms with E-state index >= 15 is 0 Å². The van der Waals surface area contributed by atoms with Crippen molar-refractivity contribution < 1.29 is 13.2 Å². The van der Waals surface area contributed by atoms with Crippen molar-refractivity contribution in [1.82, 2.24) is 19.7 Å². The summed E-state index contributed by atoms with van der Waals surface area (Å²) in [6.07, 6.45) is 0.577. The third kappa shape index (κ3) is 5.52. The van der Waals surface area contributed by atoms with Gasteiger partial charge in [0.15, 0.2) is 20.1 Å². The number of rotatable bonds is 9. The Balaban J connectivity index is 1.76. The fourth-order valence-electron chi connectivity index (χ4n) is 2.87. The van der Waals surface area contributed by atoms with Gasteiger partial charge in [-0.2, -0.15) is 0 Å². The number of anilines is 1. The molecule has 3 aromatic rings. The number of thiazole rings is 1. The lowest BCUT2D eigenvalue weighted by Gasteiger charge is -2.14. The lowest BCUT2D eigenvalue weighted by Crippen LogP contribution is -2.25. The van der Waals surface area contributed by atoms with Gasteiger partial charge in [0.2, 0.25) is 5.91 Å². The number of carbonyl (C=O) groups is 1. The van der Waals surface area contributed by atoms with Crippen LogP contribution in [0.25, 0.3) is 0 Å². The summed E-state index contributed by atoms with van der Waals surface area (Å²) in [6, 6.07) is 8.28. The largest absolute Gasteiger partial charge is 0.305 e. The van der Waals surface area contributed by atoms with E-state index in [1.54, 1.807) is 34.9 Å². The molecule has 1 aromatic carbocycles. The van der Waals surface area contributed by atoms with Gasteiger partial charge in [0, 0.05) is 11.4 Å². The minimum atomic E-state index is -3.54. The molecule has 0 fully saturated rings. The second kappa shape index (κ2) is 9.92. The molecule has 11 heteroatoms. The van der Waals surface area contributed by atoms with Crippen LogP contribution < -0.4 is 5.32 Å². The third-order valence-corrected chi connectivity index (χ3v) is 8.66. The molecule has 0 aliphatic heterocycles. The zero-order valence-corrected chi connectivity index (χ0v) is 20.3. The summed E-state index contributed by atoms with van der Waals surface area (Å²) in [5.74, 6) is -0.0559. The summed E-state index contributed by atoms with van der Waals surface area (Å²) in [5, 5.41) is 11.9. The molecule has 0 bridgehead atoms. The average Bonchev–Trinajstić information content (AvgIpc) is 3.27. The molecule has 1 amide bonds. The number of aromatic nitrogens is 4. The van der Waals surface area contributed by atoms with Crippen LogP contribution in [-0.4, -0.2) is 39.3 Å². The molecule has 0 aliphatic rings. The van der Waals surface area contributed by atoms with E-state index in [4.69, 9.17) is 0 Å². The standard InChI is InChI=1S/C20H25N5O3S3/c1-5-16(18(26)22-19-21-13(3)14(4)29-19)30-20-24-23-17(25(20)6-2)12-31(27,28)15-10-8-7-9-11-15/h7-11,16H,5-6,12H2,1-4H3,(H,21,22,26). The van der Waals surface area contributed by atoms with Crippen molar-refractivity contribution in [2.24, 2.45) is 0 Å². The molecular formula is C20H25N5O3S3. The number of amides is 1. The normalized spacial score (nSPS) is 12.6. The van der Waals surface area contributed by atoms with Crippen molar-refractivity contribution >= 4 is 44.0 Å². The highest BCUT2D eigenvalue weighted by Gasteiger charge is 2.25. The molecule has 2 aromatic heterocycles. The number of nitrogens with one attached hydrogen (secondary N) is 1. The summed E-state index contributed by atoms with van der Waals surface area (Å²) >= 11 is 2.72. The molecule has 1 N–H and O–H groups in total. The van der Waals surface area contributed by atoms with E-state index in [2.05, 4.69) is 20.5 Å². The van der Waals surface area contributed by atoms with Gasteiger partial charge in [-0.3, -0.25) is 4.79 Å². The molecule has 31 heavy (non-hydrogen) atoms. The first-order valence-corrected chi connectivity index (χ1v) is 13.2. The summed E-state index contributed by atoms with van der Waals surface area (Å²) in [4.78, 5) is 18.4. The van der Waals surface area contributed by atoms with E-state index in [-0.39, 0.29) is 16.6 Å². The highest BCUT2D eigenvalue weighted by Crippen LogP contribution is 2.28. The van der Waals surface area contributed by atoms with Gasteiger partial charge in [0.1, 0.15) is 11.6 Å². The van der Waals surface area contributed by atoms with Crippen LogP contribution in [0.3, 0.4) is 0 Å². The van der Waals surface area contributed by atoms with E-state index in [1.807, 2.05) is 27.7 Å². The van der Waals surface area contributed by atoms with Crippen molar-refractivity contribution in [3.05, 3.63) is 46.7 Å². The second-order valence-corrected chi connectivity index (χ2v) is 11.2. The lowest BCUT2D eigenvalue weighted by molar-refractivity contribution is -0.115. The Morgan fingerprint density at radius 2 is 1.90 bits per heavy atom. The first kappa shape index (κ1) is 23.4. The van der Waals surface area contributed by atoms with Crippen molar-refractivity contribution in [3.63, 3.8) is 0 Å². The van der Waals surface area contributed by atoms with Crippen molar-refractivity contribution in [1.29, 1.82) is 0 Å². The topological polar surface area (TPSA) is 107 Å². The van der Waals surface area contributed by atoms with Crippen LogP contribution in [0.2, 0.25) is 0 Å². The summed E-state index contributed by atoms with van der Waals surface area (Å²) in [7, 11) is -3.54. The molecule has 166 valence electrons. The molecular weight excluding hydrogens is 454 g/mol. The van der Waals surface area contributed by atoms with E-state index in [9.17, 15) is 13.2 Å². The summed E-state index contributed by atoms with van der Waals surface area (Å²) < 4.78 is 27.2. The maximum absolute atomic E-state index is 12.8. The highest BCUT2D eigenvalue weighted by atomic mass is 32.2. The first-order valence-electron chi connectivity index (χ1n) is 9.86. The Labute approximate surface area is 190 Å². The van der Waals surface area contributed by atoms with Crippen LogP contribution in [0.5, 0.6) is 0 Å². The molecule has 0 saturated heterocycles. The molecule has 2 heterocycles. The van der Waals surface area contributed by atoms with Crippen molar-refractivity contribution in [3.8, 4) is 0 Å². The SMILES string of the molecule is CCC(Sc1nnc(CS(=O)(=O)c2ccccc2)n1CC)C(=O)Nc1nc(C)c(C)s1. The molecule has 0 radical (unpaired) electrons. The quantitative estimate of drug-likeness (QED) is 0.465. The van der Waals surface area contributed by atoms with Crippen LogP contribution in [0.15, 0.2) is 40.4 Å². The summed E-state index contributed by atoms with van der Waals surface area (Å²) in [6.45, 7) is 8.18. The number of hydrogen-bond donors (Lipinski definition) is 1. The second-order valence-electron chi connectivity index (χ2n) is 6.88. The van der Waals surface area contributed by atoms with Crippen LogP contribution >= 0.6 is 23.1 Å². The predicted octanol–water partition coefficient (Wildman–Crippen LogP) is 3.85. The van der Waals surface area contributed by atoms with Gasteiger partial charge in [-0.05, 0) is 39.3 Å². The van der Waals surface area contributed by atoms with Crippen LogP contribution in [-0.2, 0) is 26.9 Å². The van der Waals surface area contributed by atoms with E-state index in [0.717, 1.165) is 10.6 Å². The van der Waals surface area contributed by atoms with Gasteiger partial charge >= 0.3 is 0 Å². The Kier molecular flexibility index (Phi) is 7.50. The van der Waals surface area contributed by atoms with Crippen LogP contribution in [0.1, 0.15) is 36.7 Å². The Morgan fingerprint density at radius 3 is 2.48 bits per heavy atom. The monoisotopic (exact) mass is 479 g/mol. The van der Waals surface area contributed by atoms with E-state index in [0.29, 0.717) is 29.1 Å². The number of sulfone groups is 1. The fourth-order valence-corrected chi connectivity index (χ4v) is 6.02. The number of carbonyl (C=O) groups excluding carboxylic acids is 1. The third-order valence-electron chi connectivity index (χ3n) is 4.70. The highest BCUT2D eigenvalue weighted by molar-refractivity contribution is 8.00. The van der Waals surface area contributed by atoms with Gasteiger partial charge in [-0.25, -0.2) is 13.4 Å². The molecule has 3 rings (SSSR count). The molecule has 0 aliphatic carbocycles. The van der Waals surface area contributed by atoms with E-state index < -0.39 is 15.1 Å². The predicted molar refractivity (Wildman–Crippen MR) is 123 cm³/mol. The molecule has 0 saturated carbocycles. The maximum atomic E-state index is 12.8. The smallest absolute Gasteiger partial charge is 0.239 e. The molecule has 1 atom stereocenters. The minimum Gasteiger partial charge on any atom is -0.305 e. The fraction of sp³-hybridized carbons (Fsp3) is 0.400. The number of hydrogen-bond acceptors (Lipinski definition) is 8. The van der Waals surface area contributed by atoms with Gasteiger partial charge < -0.3 is 9.88 Å². The van der Waals surface area contributed by atoms with Crippen molar-refractivity contribution in [2.75, 3.05) is 5.32 Å². The lowest BCUT2D eigenvalue weighted by atomic mass is 10.3. The zero-order chi connectivity index (χ0) is 22.6. The molecule has 1 unspecified atom stereocenters. The Morgan fingerprint density at radius 1 is 1.19 bits per heavy atom. The van der Waals surface area contributed by atoms with Gasteiger partial charge in [-0.15, -0.1) is 21.5 Å². The zero-order valence-electron chi connectivity index (χ0n) is 17.8. The number of thioether (sulfide) groups is 1. The van der Waals surface area contributed by atoms with Gasteiger partial charge in [0.05, 0.1) is 15.8 Å². The number of aryl methyl sites for hydroxylation is 2. The Hall–Kier alpha value is -2.24. The van der Waals surface area contributed by atoms with Gasteiger partial charge in [-0.1, -0.05) is 36.9 Å². The Bertz CT molecular complexity index is 1140. The maximum Gasteiger partial charge on any atom is 0.239 e. The average molecular weight is 480 g/mol. The molecule has 8 nitrogen and oxygen atoms in total. The minimum absolute atomic E-state index is 0.162. The van der Waals surface area contributed by atoms with E-state index in [1.165, 1.54) is 23.1 Å². The van der Waals surface area contributed by atoms with Crippen LogP contribution in [0.4, 0.5) is 5.13 Å². The number of nitrogens with zero attached hydrogens (tertiary/aromatic N) is 4. The van der Waals surface area contributed by atoms with Crippen LogP contribution in [0, 0.1) is 13.8 Å². The summed E-state index contributed by atoms with van der Waals surface area (Å²) in [5.41, 5.74) is 0.899. The molecule has 0 spiro atoms. The van der Waals surface area contributed by atoms with Gasteiger partial charge in [0.25, 0.3) is 0 Å². The first-order chi connectivity index (χ1) is 14.7.